The molecule has 0 bridgehead atoms. The Morgan fingerprint density at radius 1 is 1.14 bits per heavy atom. The molecule has 21 heavy (non-hydrogen) atoms. The predicted molar refractivity (Wildman–Crippen MR) is 83.6 cm³/mol. The van der Waals surface area contributed by atoms with Crippen LogP contribution in [0.1, 0.15) is 0 Å². The van der Waals surface area contributed by atoms with E-state index in [-0.39, 0.29) is 10.2 Å². The third kappa shape index (κ3) is 3.75. The van der Waals surface area contributed by atoms with E-state index in [9.17, 15) is 8.42 Å². The lowest BCUT2D eigenvalue weighted by Crippen LogP contribution is -2.17. The van der Waals surface area contributed by atoms with E-state index >= 15 is 0 Å². The number of sulfonamides is 1. The van der Waals surface area contributed by atoms with Crippen molar-refractivity contribution in [3.05, 3.63) is 40.9 Å². The fourth-order valence-corrected chi connectivity index (χ4v) is 2.85. The van der Waals surface area contributed by atoms with Gasteiger partial charge in [0, 0.05) is 19.1 Å². The molecule has 0 radical (unpaired) electrons. The van der Waals surface area contributed by atoms with Gasteiger partial charge in [-0.3, -0.25) is 4.72 Å². The van der Waals surface area contributed by atoms with Gasteiger partial charge < -0.3 is 4.90 Å². The summed E-state index contributed by atoms with van der Waals surface area (Å²) in [6.45, 7) is 0. The average molecular weight is 347 g/mol. The molecule has 112 valence electrons. The molecule has 0 aliphatic heterocycles. The van der Waals surface area contributed by atoms with E-state index in [0.29, 0.717) is 16.4 Å². The number of rotatable bonds is 4. The van der Waals surface area contributed by atoms with Gasteiger partial charge in [0.2, 0.25) is 5.28 Å². The molecule has 0 aliphatic carbocycles. The van der Waals surface area contributed by atoms with Crippen LogP contribution in [0.3, 0.4) is 0 Å². The number of anilines is 2. The van der Waals surface area contributed by atoms with E-state index in [0.717, 1.165) is 12.4 Å². The third-order valence-electron chi connectivity index (χ3n) is 2.59. The highest BCUT2D eigenvalue weighted by Crippen LogP contribution is 2.29. The SMILES string of the molecule is CN(C)c1ccc(Cl)cc1NS(=O)(=O)c1cnc(Cl)nc1. The molecule has 0 unspecified atom stereocenters. The van der Waals surface area contributed by atoms with Crippen LogP contribution in [0, 0.1) is 0 Å². The fourth-order valence-electron chi connectivity index (χ4n) is 1.62. The third-order valence-corrected chi connectivity index (χ3v) is 4.34. The largest absolute Gasteiger partial charge is 0.376 e. The number of aromatic nitrogens is 2. The van der Waals surface area contributed by atoms with Crippen molar-refractivity contribution < 1.29 is 8.42 Å². The van der Waals surface area contributed by atoms with Crippen LogP contribution in [0.5, 0.6) is 0 Å². The lowest BCUT2D eigenvalue weighted by Gasteiger charge is -2.18. The average Bonchev–Trinajstić information content (AvgIpc) is 2.38. The maximum absolute atomic E-state index is 12.3. The highest BCUT2D eigenvalue weighted by atomic mass is 35.5. The summed E-state index contributed by atoms with van der Waals surface area (Å²) in [7, 11) is -0.226. The van der Waals surface area contributed by atoms with Gasteiger partial charge >= 0.3 is 0 Å². The van der Waals surface area contributed by atoms with Crippen molar-refractivity contribution in [1.82, 2.24) is 9.97 Å². The van der Waals surface area contributed by atoms with E-state index in [1.165, 1.54) is 6.07 Å². The summed E-state index contributed by atoms with van der Waals surface area (Å²) >= 11 is 11.5. The predicted octanol–water partition coefficient (Wildman–Crippen LogP) is 2.65. The summed E-state index contributed by atoms with van der Waals surface area (Å²) in [6, 6.07) is 4.93. The summed E-state index contributed by atoms with van der Waals surface area (Å²) in [6.07, 6.45) is 2.27. The molecule has 2 rings (SSSR count). The Bertz CT molecular complexity index is 748. The van der Waals surface area contributed by atoms with E-state index in [1.807, 2.05) is 0 Å². The van der Waals surface area contributed by atoms with Crippen LogP contribution in [0.2, 0.25) is 10.3 Å². The molecule has 1 heterocycles. The van der Waals surface area contributed by atoms with Gasteiger partial charge in [-0.05, 0) is 29.8 Å². The number of halogens is 2. The van der Waals surface area contributed by atoms with Gasteiger partial charge in [0.05, 0.1) is 23.8 Å². The summed E-state index contributed by atoms with van der Waals surface area (Å²) in [4.78, 5) is 9.01. The van der Waals surface area contributed by atoms with E-state index in [1.54, 1.807) is 31.1 Å². The molecular weight excluding hydrogens is 335 g/mol. The molecule has 2 aromatic rings. The maximum atomic E-state index is 12.3. The topological polar surface area (TPSA) is 75.2 Å². The van der Waals surface area contributed by atoms with Gasteiger partial charge in [0.25, 0.3) is 10.0 Å². The van der Waals surface area contributed by atoms with Crippen molar-refractivity contribution in [2.24, 2.45) is 0 Å². The van der Waals surface area contributed by atoms with Crippen molar-refractivity contribution in [1.29, 1.82) is 0 Å². The number of nitrogens with zero attached hydrogens (tertiary/aromatic N) is 3. The molecule has 1 aromatic heterocycles. The van der Waals surface area contributed by atoms with Crippen molar-refractivity contribution in [3.63, 3.8) is 0 Å². The van der Waals surface area contributed by atoms with Crippen molar-refractivity contribution >= 4 is 44.6 Å². The van der Waals surface area contributed by atoms with Crippen LogP contribution in [-0.2, 0) is 10.0 Å². The minimum absolute atomic E-state index is 0.0225. The van der Waals surface area contributed by atoms with Crippen LogP contribution in [0.25, 0.3) is 0 Å². The van der Waals surface area contributed by atoms with E-state index < -0.39 is 10.0 Å². The zero-order valence-corrected chi connectivity index (χ0v) is 13.5. The van der Waals surface area contributed by atoms with Gasteiger partial charge in [-0.2, -0.15) is 0 Å². The number of hydrogen-bond acceptors (Lipinski definition) is 5. The first-order valence-corrected chi connectivity index (χ1v) is 8.01. The first-order valence-electron chi connectivity index (χ1n) is 5.77. The molecule has 0 saturated heterocycles. The zero-order chi connectivity index (χ0) is 15.6. The first kappa shape index (κ1) is 15.8. The maximum Gasteiger partial charge on any atom is 0.265 e. The molecule has 1 N–H and O–H groups in total. The molecule has 1 aromatic carbocycles. The molecule has 0 spiro atoms. The molecule has 0 atom stereocenters. The standard InChI is InChI=1S/C12H12Cl2N4O2S/c1-18(2)11-4-3-8(13)5-10(11)17-21(19,20)9-6-15-12(14)16-7-9/h3-7,17H,1-2H3. The Labute approximate surface area is 132 Å². The lowest BCUT2D eigenvalue weighted by molar-refractivity contribution is 0.600. The van der Waals surface area contributed by atoms with Crippen LogP contribution in [0.4, 0.5) is 11.4 Å². The highest BCUT2D eigenvalue weighted by molar-refractivity contribution is 7.92. The molecule has 0 saturated carbocycles. The molecule has 0 amide bonds. The first-order chi connectivity index (χ1) is 9.79. The quantitative estimate of drug-likeness (QED) is 0.861. The Kier molecular flexibility index (Phi) is 4.55. The molecule has 0 fully saturated rings. The zero-order valence-electron chi connectivity index (χ0n) is 11.2. The van der Waals surface area contributed by atoms with Crippen molar-refractivity contribution in [2.75, 3.05) is 23.7 Å². The second-order valence-electron chi connectivity index (χ2n) is 4.35. The smallest absolute Gasteiger partial charge is 0.265 e. The van der Waals surface area contributed by atoms with Gasteiger partial charge in [-0.15, -0.1) is 0 Å². The second kappa shape index (κ2) is 6.05. The summed E-state index contributed by atoms with van der Waals surface area (Å²) in [5, 5.41) is 0.399. The number of hydrogen-bond donors (Lipinski definition) is 1. The number of nitrogens with one attached hydrogen (secondary N) is 1. The fraction of sp³-hybridized carbons (Fsp3) is 0.167. The van der Waals surface area contributed by atoms with Gasteiger partial charge in [-0.1, -0.05) is 11.6 Å². The van der Waals surface area contributed by atoms with Crippen LogP contribution >= 0.6 is 23.2 Å². The van der Waals surface area contributed by atoms with Crippen LogP contribution in [0.15, 0.2) is 35.5 Å². The summed E-state index contributed by atoms with van der Waals surface area (Å²) in [5.41, 5.74) is 1.04. The van der Waals surface area contributed by atoms with E-state index in [2.05, 4.69) is 14.7 Å². The normalized spacial score (nSPS) is 11.2. The number of benzene rings is 1. The Morgan fingerprint density at radius 3 is 2.33 bits per heavy atom. The van der Waals surface area contributed by atoms with Crippen molar-refractivity contribution in [2.45, 2.75) is 4.90 Å². The van der Waals surface area contributed by atoms with Crippen LogP contribution in [-0.4, -0.2) is 32.5 Å². The Balaban J connectivity index is 2.41. The highest BCUT2D eigenvalue weighted by Gasteiger charge is 2.18. The van der Waals surface area contributed by atoms with Crippen molar-refractivity contribution in [3.8, 4) is 0 Å². The molecule has 0 aliphatic rings. The Morgan fingerprint density at radius 2 is 1.76 bits per heavy atom. The summed E-state index contributed by atoms with van der Waals surface area (Å²) < 4.78 is 27.1. The molecule has 6 nitrogen and oxygen atoms in total. The van der Waals surface area contributed by atoms with Gasteiger partial charge in [-0.25, -0.2) is 18.4 Å². The molecule has 9 heteroatoms. The van der Waals surface area contributed by atoms with Gasteiger partial charge in [0.1, 0.15) is 4.90 Å². The second-order valence-corrected chi connectivity index (χ2v) is 6.81. The van der Waals surface area contributed by atoms with Crippen LogP contribution < -0.4 is 9.62 Å². The minimum Gasteiger partial charge on any atom is -0.376 e. The summed E-state index contributed by atoms with van der Waals surface area (Å²) in [5.74, 6) is 0. The lowest BCUT2D eigenvalue weighted by atomic mass is 10.2. The van der Waals surface area contributed by atoms with E-state index in [4.69, 9.17) is 23.2 Å². The van der Waals surface area contributed by atoms with Gasteiger partial charge in [0.15, 0.2) is 0 Å². The Hall–Kier alpha value is -1.57. The minimum atomic E-state index is -3.82. The molecular formula is C12H12Cl2N4O2S. The monoisotopic (exact) mass is 346 g/mol.